The minimum absolute atomic E-state index is 0.178. The van der Waals surface area contributed by atoms with Gasteiger partial charge in [0.2, 0.25) is 0 Å². The topological polar surface area (TPSA) is 60.1 Å². The molecule has 0 saturated heterocycles. The van der Waals surface area contributed by atoms with E-state index in [2.05, 4.69) is 15.2 Å². The quantitative estimate of drug-likeness (QED) is 0.686. The van der Waals surface area contributed by atoms with Crippen molar-refractivity contribution in [2.24, 2.45) is 4.99 Å². The van der Waals surface area contributed by atoms with Crippen LogP contribution in [0, 0.1) is 6.92 Å². The van der Waals surface area contributed by atoms with Crippen LogP contribution in [0.15, 0.2) is 58.3 Å². The van der Waals surface area contributed by atoms with Crippen molar-refractivity contribution in [3.63, 3.8) is 0 Å². The summed E-state index contributed by atoms with van der Waals surface area (Å²) in [5.74, 6) is 0.514. The first-order valence-electron chi connectivity index (χ1n) is 7.51. The summed E-state index contributed by atoms with van der Waals surface area (Å²) < 4.78 is 1.59. The molecule has 5 nitrogen and oxygen atoms in total. The Hall–Kier alpha value is -2.79. The minimum atomic E-state index is -0.178. The summed E-state index contributed by atoms with van der Waals surface area (Å²) in [6.07, 6.45) is 0. The van der Waals surface area contributed by atoms with Crippen LogP contribution in [0.5, 0.6) is 0 Å². The lowest BCUT2D eigenvalue weighted by atomic mass is 10.0. The molecule has 0 fully saturated rings. The Labute approximate surface area is 143 Å². The van der Waals surface area contributed by atoms with Gasteiger partial charge in [-0.05, 0) is 19.1 Å². The molecule has 0 N–H and O–H groups in total. The molecule has 0 atom stereocenters. The van der Waals surface area contributed by atoms with E-state index in [0.717, 1.165) is 22.5 Å². The Kier molecular flexibility index (Phi) is 3.50. The summed E-state index contributed by atoms with van der Waals surface area (Å²) in [7, 11) is 0. The number of nitrogens with zero attached hydrogens (tertiary/aromatic N) is 4. The second-order valence-electron chi connectivity index (χ2n) is 5.50. The van der Waals surface area contributed by atoms with E-state index in [4.69, 9.17) is 11.6 Å². The molecule has 1 aromatic heterocycles. The number of hydrogen-bond donors (Lipinski definition) is 0. The molecule has 118 valence electrons. The lowest BCUT2D eigenvalue weighted by Gasteiger charge is -2.13. The third-order valence-electron chi connectivity index (χ3n) is 3.99. The number of aryl methyl sites for hydroxylation is 1. The Morgan fingerprint density at radius 1 is 1.00 bits per heavy atom. The van der Waals surface area contributed by atoms with Crippen molar-refractivity contribution in [2.45, 2.75) is 13.5 Å². The number of hydrogen-bond acceptors (Lipinski definition) is 4. The van der Waals surface area contributed by atoms with Crippen LogP contribution in [-0.2, 0) is 6.54 Å². The van der Waals surface area contributed by atoms with Crippen molar-refractivity contribution in [1.82, 2.24) is 14.8 Å². The zero-order valence-corrected chi connectivity index (χ0v) is 13.7. The molecule has 0 spiro atoms. The monoisotopic (exact) mass is 336 g/mol. The highest BCUT2D eigenvalue weighted by molar-refractivity contribution is 6.35. The molecule has 2 heterocycles. The van der Waals surface area contributed by atoms with Crippen molar-refractivity contribution in [1.29, 1.82) is 0 Å². The third kappa shape index (κ3) is 2.25. The van der Waals surface area contributed by atoms with Gasteiger partial charge in [-0.15, -0.1) is 10.2 Å². The molecular formula is C18H13ClN4O. The van der Waals surface area contributed by atoms with Gasteiger partial charge in [-0.1, -0.05) is 48.0 Å². The van der Waals surface area contributed by atoms with E-state index in [-0.39, 0.29) is 12.1 Å². The molecule has 0 unspecified atom stereocenters. The largest absolute Gasteiger partial charge is 0.279 e. The average Bonchev–Trinajstić information content (AvgIpc) is 2.76. The van der Waals surface area contributed by atoms with Gasteiger partial charge in [-0.2, -0.15) is 0 Å². The van der Waals surface area contributed by atoms with E-state index in [1.807, 2.05) is 48.5 Å². The minimum Gasteiger partial charge on any atom is -0.276 e. The van der Waals surface area contributed by atoms with E-state index >= 15 is 0 Å². The number of aromatic nitrogens is 3. The molecule has 4 rings (SSSR count). The van der Waals surface area contributed by atoms with E-state index in [9.17, 15) is 4.79 Å². The lowest BCUT2D eigenvalue weighted by Crippen LogP contribution is -2.27. The van der Waals surface area contributed by atoms with Gasteiger partial charge in [0.15, 0.2) is 5.82 Å². The van der Waals surface area contributed by atoms with Gasteiger partial charge in [-0.3, -0.25) is 14.4 Å². The summed E-state index contributed by atoms with van der Waals surface area (Å²) in [5.41, 5.74) is 3.35. The van der Waals surface area contributed by atoms with E-state index in [1.54, 1.807) is 11.5 Å². The summed E-state index contributed by atoms with van der Waals surface area (Å²) >= 11 is 6.37. The fourth-order valence-electron chi connectivity index (χ4n) is 2.84. The number of halogens is 1. The summed E-state index contributed by atoms with van der Waals surface area (Å²) in [6, 6.07) is 15.2. The zero-order valence-electron chi connectivity index (χ0n) is 12.9. The van der Waals surface area contributed by atoms with Crippen molar-refractivity contribution >= 4 is 17.3 Å². The average molecular weight is 337 g/mol. The van der Waals surface area contributed by atoms with Crippen LogP contribution in [0.4, 0.5) is 0 Å². The standard InChI is InChI=1S/C18H13ClN4O/c1-11-18(24)23-15-9-5-3-7-13(15)17(20-10-16(23)22-21-11)12-6-2-4-8-14(12)19/h2-9H,10H2,1H3. The first kappa shape index (κ1) is 14.8. The summed E-state index contributed by atoms with van der Waals surface area (Å²) in [5, 5.41) is 8.72. The predicted molar refractivity (Wildman–Crippen MR) is 93.2 cm³/mol. The highest BCUT2D eigenvalue weighted by Gasteiger charge is 2.22. The van der Waals surface area contributed by atoms with Gasteiger partial charge in [0, 0.05) is 16.1 Å². The maximum Gasteiger partial charge on any atom is 0.279 e. The third-order valence-corrected chi connectivity index (χ3v) is 4.32. The fraction of sp³-hybridized carbons (Fsp3) is 0.111. The lowest BCUT2D eigenvalue weighted by molar-refractivity contribution is 0.731. The van der Waals surface area contributed by atoms with E-state index in [0.29, 0.717) is 16.5 Å². The predicted octanol–water partition coefficient (Wildman–Crippen LogP) is 2.94. The first-order chi connectivity index (χ1) is 11.7. The molecule has 0 amide bonds. The normalized spacial score (nSPS) is 12.8. The van der Waals surface area contributed by atoms with Crippen molar-refractivity contribution in [3.8, 4) is 5.69 Å². The van der Waals surface area contributed by atoms with Gasteiger partial charge >= 0.3 is 0 Å². The molecule has 0 radical (unpaired) electrons. The maximum atomic E-state index is 12.6. The second kappa shape index (κ2) is 5.69. The smallest absolute Gasteiger partial charge is 0.276 e. The molecule has 24 heavy (non-hydrogen) atoms. The number of rotatable bonds is 1. The SMILES string of the molecule is Cc1nnc2n(c1=O)-c1ccccc1C(c1ccccc1Cl)=NC2. The molecule has 1 aliphatic heterocycles. The van der Waals surface area contributed by atoms with Crippen LogP contribution in [0.1, 0.15) is 22.6 Å². The zero-order chi connectivity index (χ0) is 16.7. The number of aliphatic imine (C=N–C) groups is 1. The van der Waals surface area contributed by atoms with Gasteiger partial charge in [0.1, 0.15) is 12.2 Å². The Morgan fingerprint density at radius 2 is 1.71 bits per heavy atom. The fourth-order valence-corrected chi connectivity index (χ4v) is 3.06. The van der Waals surface area contributed by atoms with Gasteiger partial charge in [0.25, 0.3) is 5.56 Å². The molecule has 2 aromatic carbocycles. The van der Waals surface area contributed by atoms with Crippen LogP contribution in [-0.4, -0.2) is 20.5 Å². The molecule has 0 aliphatic carbocycles. The molecule has 3 aromatic rings. The van der Waals surface area contributed by atoms with Crippen molar-refractivity contribution < 1.29 is 0 Å². The maximum absolute atomic E-state index is 12.6. The Bertz CT molecular complexity index is 1040. The first-order valence-corrected chi connectivity index (χ1v) is 7.89. The number of para-hydroxylation sites is 1. The second-order valence-corrected chi connectivity index (χ2v) is 5.91. The van der Waals surface area contributed by atoms with E-state index < -0.39 is 0 Å². The molecule has 0 bridgehead atoms. The summed E-state index contributed by atoms with van der Waals surface area (Å²) in [6.45, 7) is 1.92. The van der Waals surface area contributed by atoms with Gasteiger partial charge < -0.3 is 0 Å². The highest BCUT2D eigenvalue weighted by atomic mass is 35.5. The molecular weight excluding hydrogens is 324 g/mol. The Balaban J connectivity index is 2.05. The molecule has 6 heteroatoms. The van der Waals surface area contributed by atoms with Gasteiger partial charge in [-0.25, -0.2) is 0 Å². The van der Waals surface area contributed by atoms with Crippen LogP contribution in [0.25, 0.3) is 5.69 Å². The number of fused-ring (bicyclic) bond motifs is 3. The van der Waals surface area contributed by atoms with Crippen LogP contribution in [0.3, 0.4) is 0 Å². The van der Waals surface area contributed by atoms with Gasteiger partial charge in [0.05, 0.1) is 11.4 Å². The summed E-state index contributed by atoms with van der Waals surface area (Å²) in [4.78, 5) is 17.3. The van der Waals surface area contributed by atoms with Crippen molar-refractivity contribution in [2.75, 3.05) is 0 Å². The molecule has 0 saturated carbocycles. The van der Waals surface area contributed by atoms with Crippen LogP contribution < -0.4 is 5.56 Å². The molecule has 1 aliphatic rings. The highest BCUT2D eigenvalue weighted by Crippen LogP contribution is 2.26. The van der Waals surface area contributed by atoms with Crippen LogP contribution in [0.2, 0.25) is 5.02 Å². The Morgan fingerprint density at radius 3 is 2.50 bits per heavy atom. The number of benzene rings is 2. The van der Waals surface area contributed by atoms with E-state index in [1.165, 1.54) is 0 Å². The van der Waals surface area contributed by atoms with Crippen LogP contribution >= 0.6 is 11.6 Å². The van der Waals surface area contributed by atoms with Crippen molar-refractivity contribution in [3.05, 3.63) is 86.6 Å².